The van der Waals surface area contributed by atoms with Crippen LogP contribution >= 0.6 is 0 Å². The van der Waals surface area contributed by atoms with E-state index in [1.807, 2.05) is 31.2 Å². The summed E-state index contributed by atoms with van der Waals surface area (Å²) in [6.07, 6.45) is 1.58. The molecule has 0 aliphatic carbocycles. The second-order valence-corrected chi connectivity index (χ2v) is 6.19. The lowest BCUT2D eigenvalue weighted by molar-refractivity contribution is 0.446. The number of aromatic hydroxyl groups is 2. The highest BCUT2D eigenvalue weighted by Crippen LogP contribution is 2.33. The van der Waals surface area contributed by atoms with E-state index in [0.717, 1.165) is 11.1 Å². The number of hydrogen-bond acceptors (Lipinski definition) is 3. The van der Waals surface area contributed by atoms with E-state index in [0.29, 0.717) is 11.3 Å². The standard InChI is InChI=1S/C18H21NO2/c1-12-7-5-10-15(16(12)20)19-11-13-8-6-9-14(17(13)21)18(2,3)4/h5-11,20-21H,1-4H3. The average molecular weight is 283 g/mol. The van der Waals surface area contributed by atoms with Crippen LogP contribution in [0.5, 0.6) is 11.5 Å². The van der Waals surface area contributed by atoms with Crippen LogP contribution in [0.3, 0.4) is 0 Å². The lowest BCUT2D eigenvalue weighted by atomic mass is 9.85. The van der Waals surface area contributed by atoms with Crippen LogP contribution in [0.25, 0.3) is 0 Å². The summed E-state index contributed by atoms with van der Waals surface area (Å²) >= 11 is 0. The molecule has 2 aromatic carbocycles. The molecule has 0 fully saturated rings. The molecule has 0 aromatic heterocycles. The van der Waals surface area contributed by atoms with Gasteiger partial charge in [0.25, 0.3) is 0 Å². The van der Waals surface area contributed by atoms with Gasteiger partial charge in [0.1, 0.15) is 17.2 Å². The van der Waals surface area contributed by atoms with Gasteiger partial charge in [0.15, 0.2) is 0 Å². The minimum absolute atomic E-state index is 0.139. The van der Waals surface area contributed by atoms with E-state index in [-0.39, 0.29) is 16.9 Å². The fraction of sp³-hybridized carbons (Fsp3) is 0.278. The molecule has 0 aliphatic heterocycles. The minimum atomic E-state index is -0.139. The molecule has 2 rings (SSSR count). The van der Waals surface area contributed by atoms with E-state index in [9.17, 15) is 10.2 Å². The monoisotopic (exact) mass is 283 g/mol. The highest BCUT2D eigenvalue weighted by atomic mass is 16.3. The smallest absolute Gasteiger partial charge is 0.144 e. The van der Waals surface area contributed by atoms with Crippen molar-refractivity contribution in [2.45, 2.75) is 33.1 Å². The fourth-order valence-corrected chi connectivity index (χ4v) is 2.16. The largest absolute Gasteiger partial charge is 0.507 e. The third kappa shape index (κ3) is 3.24. The number of aliphatic imine (C=N–C) groups is 1. The van der Waals surface area contributed by atoms with Gasteiger partial charge in [0, 0.05) is 11.8 Å². The number of aryl methyl sites for hydroxylation is 1. The van der Waals surface area contributed by atoms with E-state index >= 15 is 0 Å². The van der Waals surface area contributed by atoms with Crippen LogP contribution in [0, 0.1) is 6.92 Å². The van der Waals surface area contributed by atoms with Gasteiger partial charge in [-0.05, 0) is 35.6 Å². The molecule has 110 valence electrons. The van der Waals surface area contributed by atoms with E-state index in [1.54, 1.807) is 18.3 Å². The lowest BCUT2D eigenvalue weighted by Crippen LogP contribution is -2.11. The summed E-state index contributed by atoms with van der Waals surface area (Å²) in [5.74, 6) is 0.404. The molecule has 0 unspecified atom stereocenters. The zero-order valence-electron chi connectivity index (χ0n) is 12.9. The Hall–Kier alpha value is -2.29. The summed E-state index contributed by atoms with van der Waals surface area (Å²) in [5, 5.41) is 20.3. The van der Waals surface area contributed by atoms with E-state index in [2.05, 4.69) is 25.8 Å². The minimum Gasteiger partial charge on any atom is -0.507 e. The Kier molecular flexibility index (Phi) is 4.03. The Morgan fingerprint density at radius 3 is 2.29 bits per heavy atom. The van der Waals surface area contributed by atoms with Crippen LogP contribution in [0.4, 0.5) is 5.69 Å². The predicted octanol–water partition coefficient (Wildman–Crippen LogP) is 4.45. The Morgan fingerprint density at radius 2 is 1.62 bits per heavy atom. The molecule has 0 saturated heterocycles. The van der Waals surface area contributed by atoms with Crippen molar-refractivity contribution in [3.63, 3.8) is 0 Å². The molecule has 0 radical (unpaired) electrons. The zero-order chi connectivity index (χ0) is 15.6. The molecular formula is C18H21NO2. The maximum atomic E-state index is 10.4. The topological polar surface area (TPSA) is 52.8 Å². The van der Waals surface area contributed by atoms with Gasteiger partial charge in [-0.15, -0.1) is 0 Å². The summed E-state index contributed by atoms with van der Waals surface area (Å²) in [4.78, 5) is 4.29. The van der Waals surface area contributed by atoms with Crippen molar-refractivity contribution in [2.75, 3.05) is 0 Å². The predicted molar refractivity (Wildman–Crippen MR) is 86.9 cm³/mol. The second kappa shape index (κ2) is 5.60. The molecule has 2 aromatic rings. The van der Waals surface area contributed by atoms with Gasteiger partial charge in [-0.1, -0.05) is 45.0 Å². The first kappa shape index (κ1) is 15.1. The molecule has 0 aliphatic rings. The zero-order valence-corrected chi connectivity index (χ0v) is 12.9. The number of para-hydroxylation sites is 2. The SMILES string of the molecule is Cc1cccc(N=Cc2cccc(C(C)(C)C)c2O)c1O. The Balaban J connectivity index is 2.41. The molecule has 0 atom stereocenters. The van der Waals surface area contributed by atoms with Crippen molar-refractivity contribution < 1.29 is 10.2 Å². The number of phenolic OH excluding ortho intramolecular Hbond substituents is 2. The third-order valence-corrected chi connectivity index (χ3v) is 3.43. The van der Waals surface area contributed by atoms with E-state index in [1.165, 1.54) is 0 Å². The first-order valence-electron chi connectivity index (χ1n) is 6.96. The summed E-state index contributed by atoms with van der Waals surface area (Å²) in [6, 6.07) is 11.0. The number of rotatable bonds is 2. The van der Waals surface area contributed by atoms with Gasteiger partial charge >= 0.3 is 0 Å². The van der Waals surface area contributed by atoms with Crippen molar-refractivity contribution in [2.24, 2.45) is 4.99 Å². The van der Waals surface area contributed by atoms with Crippen molar-refractivity contribution in [3.05, 3.63) is 53.1 Å². The van der Waals surface area contributed by atoms with Gasteiger partial charge in [0.2, 0.25) is 0 Å². The number of benzene rings is 2. The summed E-state index contributed by atoms with van der Waals surface area (Å²) in [5.41, 5.74) is 2.65. The highest BCUT2D eigenvalue weighted by Gasteiger charge is 2.19. The molecule has 0 heterocycles. The number of nitrogens with zero attached hydrogens (tertiary/aromatic N) is 1. The van der Waals surface area contributed by atoms with Crippen LogP contribution in [0.15, 0.2) is 41.4 Å². The van der Waals surface area contributed by atoms with Crippen LogP contribution in [0.2, 0.25) is 0 Å². The van der Waals surface area contributed by atoms with Gasteiger partial charge in [0.05, 0.1) is 0 Å². The Bertz CT molecular complexity index is 682. The van der Waals surface area contributed by atoms with Gasteiger partial charge < -0.3 is 10.2 Å². The van der Waals surface area contributed by atoms with Crippen molar-refractivity contribution in [1.82, 2.24) is 0 Å². The maximum Gasteiger partial charge on any atom is 0.144 e. The fourth-order valence-electron chi connectivity index (χ4n) is 2.16. The molecule has 2 N–H and O–H groups in total. The maximum absolute atomic E-state index is 10.4. The van der Waals surface area contributed by atoms with E-state index < -0.39 is 0 Å². The molecule has 3 heteroatoms. The quantitative estimate of drug-likeness (QED) is 0.800. The molecule has 0 amide bonds. The molecule has 0 bridgehead atoms. The van der Waals surface area contributed by atoms with Crippen LogP contribution in [-0.4, -0.2) is 16.4 Å². The second-order valence-electron chi connectivity index (χ2n) is 6.19. The van der Waals surface area contributed by atoms with Crippen molar-refractivity contribution >= 4 is 11.9 Å². The number of hydrogen-bond donors (Lipinski definition) is 2. The van der Waals surface area contributed by atoms with Crippen LogP contribution in [-0.2, 0) is 5.41 Å². The lowest BCUT2D eigenvalue weighted by Gasteiger charge is -2.21. The summed E-state index contributed by atoms with van der Waals surface area (Å²) < 4.78 is 0. The Morgan fingerprint density at radius 1 is 0.952 bits per heavy atom. The normalized spacial score (nSPS) is 12.0. The van der Waals surface area contributed by atoms with Crippen LogP contribution in [0.1, 0.15) is 37.5 Å². The first-order chi connectivity index (χ1) is 9.80. The van der Waals surface area contributed by atoms with Crippen LogP contribution < -0.4 is 0 Å². The average Bonchev–Trinajstić information content (AvgIpc) is 2.40. The third-order valence-electron chi connectivity index (χ3n) is 3.43. The summed E-state index contributed by atoms with van der Waals surface area (Å²) in [7, 11) is 0. The number of phenols is 2. The molecule has 3 nitrogen and oxygen atoms in total. The van der Waals surface area contributed by atoms with Crippen molar-refractivity contribution in [1.29, 1.82) is 0 Å². The van der Waals surface area contributed by atoms with Crippen molar-refractivity contribution in [3.8, 4) is 11.5 Å². The molecule has 0 saturated carbocycles. The van der Waals surface area contributed by atoms with Gasteiger partial charge in [-0.25, -0.2) is 0 Å². The molecular weight excluding hydrogens is 262 g/mol. The highest BCUT2D eigenvalue weighted by molar-refractivity contribution is 5.86. The van der Waals surface area contributed by atoms with Gasteiger partial charge in [-0.3, -0.25) is 4.99 Å². The molecule has 21 heavy (non-hydrogen) atoms. The van der Waals surface area contributed by atoms with Gasteiger partial charge in [-0.2, -0.15) is 0 Å². The molecule has 0 spiro atoms. The Labute approximate surface area is 125 Å². The first-order valence-corrected chi connectivity index (χ1v) is 6.96. The summed E-state index contributed by atoms with van der Waals surface area (Å²) in [6.45, 7) is 7.98. The van der Waals surface area contributed by atoms with E-state index in [4.69, 9.17) is 0 Å².